The summed E-state index contributed by atoms with van der Waals surface area (Å²) in [5.41, 5.74) is -0.725. The Hall–Kier alpha value is -2.16. The maximum absolute atomic E-state index is 13.1. The van der Waals surface area contributed by atoms with Gasteiger partial charge in [-0.1, -0.05) is 34.6 Å². The Balaban J connectivity index is 2.16. The number of hydrogen-bond acceptors (Lipinski definition) is 19. The van der Waals surface area contributed by atoms with Crippen LogP contribution in [-0.2, 0) is 50.3 Å². The second-order valence-electron chi connectivity index (χ2n) is 13.8. The number of aromatic nitrogens is 4. The molecule has 7 atom stereocenters. The van der Waals surface area contributed by atoms with Crippen LogP contribution in [0.4, 0.5) is 5.95 Å². The highest BCUT2D eigenvalue weighted by molar-refractivity contribution is 7.64. The van der Waals surface area contributed by atoms with Crippen molar-refractivity contribution in [2.75, 3.05) is 11.9 Å². The zero-order valence-corrected chi connectivity index (χ0v) is 33.1. The summed E-state index contributed by atoms with van der Waals surface area (Å²) in [5.74, 6) is -0.971. The van der Waals surface area contributed by atoms with Crippen LogP contribution in [0.25, 0.3) is 11.2 Å². The minimum Gasteiger partial charge on any atom is -0.790 e. The third-order valence-corrected chi connectivity index (χ3v) is 16.2. The standard InChI is InChI=1S/C26H46N5O16P3Si/c1-14(2)12-27-25-29-22-18(23(34)30-25)28-13-31(22)24-21(45-51(8,9)26(5,6)7)20(42-17(33)11-10-15(3)32)19(43-24)16(4)44-49(38,39)47-50(40,41)46-48(35,36)37/h13-14,16,19-21,24H,10-12H2,1-9H3,(H,38,39)(H,40,41)(H2,35,36,37)(H2,27,29,30,34)/p-4/t16?,19-,20?,21+,24-/m1/s1. The minimum absolute atomic E-state index is 0.00311. The van der Waals surface area contributed by atoms with E-state index in [0.717, 1.165) is 6.92 Å². The van der Waals surface area contributed by atoms with Crippen molar-refractivity contribution in [3.05, 3.63) is 16.7 Å². The third-order valence-electron chi connectivity index (χ3n) is 7.95. The van der Waals surface area contributed by atoms with Crippen molar-refractivity contribution in [1.82, 2.24) is 19.5 Å². The van der Waals surface area contributed by atoms with E-state index in [-0.39, 0.29) is 41.7 Å². The molecule has 21 nitrogen and oxygen atoms in total. The van der Waals surface area contributed by atoms with Gasteiger partial charge in [-0.05, 0) is 37.9 Å². The van der Waals surface area contributed by atoms with E-state index in [1.165, 1.54) is 17.8 Å². The SMILES string of the molecule is CC(=O)CCC(=O)OC1[C@@H](C(C)OP(=O)([O-])OP(=O)([O-])OP(=O)([O-])[O-])O[C@@H](n2cnc3c(=O)[nH]c(NCC(C)C)nc32)[C@H]1O[Si](C)(C)C(C)(C)C. The Morgan fingerprint density at radius 2 is 1.69 bits per heavy atom. The first-order valence-corrected chi connectivity index (χ1v) is 22.9. The highest BCUT2D eigenvalue weighted by Crippen LogP contribution is 2.61. The number of nitrogens with zero attached hydrogens (tertiary/aromatic N) is 3. The van der Waals surface area contributed by atoms with Gasteiger partial charge in [-0.2, -0.15) is 4.98 Å². The summed E-state index contributed by atoms with van der Waals surface area (Å²) in [4.78, 5) is 95.1. The Labute approximate surface area is 294 Å². The number of nitrogens with one attached hydrogen (secondary N) is 2. The third kappa shape index (κ3) is 11.9. The van der Waals surface area contributed by atoms with E-state index in [1.54, 1.807) is 0 Å². The van der Waals surface area contributed by atoms with Crippen LogP contribution in [0.15, 0.2) is 11.1 Å². The molecule has 2 aromatic rings. The first-order chi connectivity index (χ1) is 23.1. The molecule has 1 saturated heterocycles. The van der Waals surface area contributed by atoms with Crippen LogP contribution in [-0.4, -0.2) is 70.5 Å². The number of hydrogen-bond donors (Lipinski definition) is 2. The molecule has 4 unspecified atom stereocenters. The Morgan fingerprint density at radius 3 is 2.24 bits per heavy atom. The molecule has 1 aliphatic heterocycles. The van der Waals surface area contributed by atoms with Crippen molar-refractivity contribution >= 4 is 60.7 Å². The number of ether oxygens (including phenoxy) is 2. The van der Waals surface area contributed by atoms with Gasteiger partial charge in [-0.15, -0.1) is 0 Å². The molecule has 2 N–H and O–H groups in total. The largest absolute Gasteiger partial charge is 0.790 e. The highest BCUT2D eigenvalue weighted by Gasteiger charge is 2.55. The van der Waals surface area contributed by atoms with Crippen LogP contribution in [0.2, 0.25) is 18.1 Å². The molecule has 0 amide bonds. The van der Waals surface area contributed by atoms with E-state index in [9.17, 15) is 47.7 Å². The number of fused-ring (bicyclic) bond motifs is 1. The number of aromatic amines is 1. The number of phosphoric ester groups is 1. The molecular formula is C26H42N5O16P3Si-4. The van der Waals surface area contributed by atoms with Crippen molar-refractivity contribution in [2.45, 2.75) is 110 Å². The number of phosphoric acid groups is 3. The van der Waals surface area contributed by atoms with E-state index in [1.807, 2.05) is 47.7 Å². The number of imidazole rings is 1. The molecule has 2 aromatic heterocycles. The van der Waals surface area contributed by atoms with Gasteiger partial charge in [0.25, 0.3) is 21.2 Å². The number of rotatable bonds is 17. The second-order valence-corrected chi connectivity index (χ2v) is 22.8. The summed E-state index contributed by atoms with van der Waals surface area (Å²) in [5, 5.41) is 2.55. The summed E-state index contributed by atoms with van der Waals surface area (Å²) in [6.07, 6.45) is -6.95. The van der Waals surface area contributed by atoms with Gasteiger partial charge in [0.05, 0.1) is 26.7 Å². The molecule has 0 radical (unpaired) electrons. The fraction of sp³-hybridized carbons (Fsp3) is 0.731. The van der Waals surface area contributed by atoms with Gasteiger partial charge in [0.1, 0.15) is 18.0 Å². The first-order valence-electron chi connectivity index (χ1n) is 15.6. The van der Waals surface area contributed by atoms with Gasteiger partial charge in [0.2, 0.25) is 5.95 Å². The van der Waals surface area contributed by atoms with Crippen LogP contribution < -0.4 is 30.4 Å². The van der Waals surface area contributed by atoms with Gasteiger partial charge in [-0.3, -0.25) is 32.6 Å². The predicted molar refractivity (Wildman–Crippen MR) is 173 cm³/mol. The van der Waals surface area contributed by atoms with Gasteiger partial charge in [0, 0.05) is 13.0 Å². The Morgan fingerprint density at radius 1 is 1.06 bits per heavy atom. The lowest BCUT2D eigenvalue weighted by Gasteiger charge is -2.41. The van der Waals surface area contributed by atoms with Gasteiger partial charge in [-0.25, -0.2) is 9.29 Å². The van der Waals surface area contributed by atoms with Crippen molar-refractivity contribution in [2.24, 2.45) is 5.92 Å². The lowest BCUT2D eigenvalue weighted by molar-refractivity contribution is -0.339. The minimum atomic E-state index is -6.31. The molecule has 0 aliphatic carbocycles. The van der Waals surface area contributed by atoms with Gasteiger partial charge in [0.15, 0.2) is 31.8 Å². The molecule has 0 spiro atoms. The topological polar surface area (TPSA) is 309 Å². The number of carbonyl (C=O) groups is 2. The van der Waals surface area contributed by atoms with Crippen molar-refractivity contribution < 1.29 is 69.9 Å². The van der Waals surface area contributed by atoms with E-state index < -0.39 is 79.0 Å². The quantitative estimate of drug-likeness (QED) is 0.128. The van der Waals surface area contributed by atoms with Crippen LogP contribution in [0, 0.1) is 5.92 Å². The smallest absolute Gasteiger partial charge is 0.306 e. The molecular weight excluding hydrogens is 759 g/mol. The van der Waals surface area contributed by atoms with Crippen LogP contribution >= 0.6 is 23.5 Å². The van der Waals surface area contributed by atoms with Gasteiger partial charge < -0.3 is 52.7 Å². The molecule has 1 aliphatic rings. The number of anilines is 1. The zero-order chi connectivity index (χ0) is 38.9. The molecule has 0 aromatic carbocycles. The van der Waals surface area contributed by atoms with Crippen molar-refractivity contribution in [1.29, 1.82) is 0 Å². The van der Waals surface area contributed by atoms with Crippen molar-refractivity contribution in [3.63, 3.8) is 0 Å². The zero-order valence-electron chi connectivity index (χ0n) is 29.4. The van der Waals surface area contributed by atoms with Crippen molar-refractivity contribution in [3.8, 4) is 0 Å². The molecule has 0 saturated carbocycles. The lowest BCUT2D eigenvalue weighted by atomic mass is 10.1. The van der Waals surface area contributed by atoms with Crippen LogP contribution in [0.5, 0.6) is 0 Å². The van der Waals surface area contributed by atoms with Crippen LogP contribution in [0.3, 0.4) is 0 Å². The molecule has 290 valence electrons. The monoisotopic (exact) mass is 801 g/mol. The maximum Gasteiger partial charge on any atom is 0.306 e. The number of Topliss-reactive ketones (excluding diaryl/α,β-unsaturated/α-hetero) is 1. The molecule has 51 heavy (non-hydrogen) atoms. The van der Waals surface area contributed by atoms with E-state index in [4.69, 9.17) is 18.4 Å². The fourth-order valence-electron chi connectivity index (χ4n) is 4.57. The highest BCUT2D eigenvalue weighted by atomic mass is 31.3. The summed E-state index contributed by atoms with van der Waals surface area (Å²) in [7, 11) is -21.5. The predicted octanol–water partition coefficient (Wildman–Crippen LogP) is 0.960. The number of carbonyl (C=O) groups excluding carboxylic acids is 2. The summed E-state index contributed by atoms with van der Waals surface area (Å²) >= 11 is 0. The van der Waals surface area contributed by atoms with E-state index >= 15 is 0 Å². The Kier molecular flexibility index (Phi) is 13.6. The number of esters is 1. The normalized spacial score (nSPS) is 23.2. The number of ketones is 1. The molecule has 25 heteroatoms. The number of H-pyrrole nitrogens is 1. The molecule has 3 rings (SSSR count). The fourth-order valence-corrected chi connectivity index (χ4v) is 8.88. The summed E-state index contributed by atoms with van der Waals surface area (Å²) in [6.45, 7) is 16.1. The molecule has 0 bridgehead atoms. The maximum atomic E-state index is 13.1. The van der Waals surface area contributed by atoms with Gasteiger partial charge >= 0.3 is 5.97 Å². The molecule has 3 heterocycles. The van der Waals surface area contributed by atoms with E-state index in [2.05, 4.69) is 28.9 Å². The summed E-state index contributed by atoms with van der Waals surface area (Å²) < 4.78 is 67.3. The second kappa shape index (κ2) is 16.1. The average molecular weight is 802 g/mol. The average Bonchev–Trinajstić information content (AvgIpc) is 3.49. The van der Waals surface area contributed by atoms with Crippen LogP contribution in [0.1, 0.15) is 67.5 Å². The lowest BCUT2D eigenvalue weighted by Crippen LogP contribution is -2.50. The summed E-state index contributed by atoms with van der Waals surface area (Å²) in [6, 6.07) is 0. The molecule has 1 fully saturated rings. The Bertz CT molecular complexity index is 1790. The first kappa shape index (κ1) is 43.2. The van der Waals surface area contributed by atoms with E-state index in [0.29, 0.717) is 6.54 Å².